The molecule has 1 saturated carbocycles. The minimum absolute atomic E-state index is 0.143. The van der Waals surface area contributed by atoms with E-state index in [0.717, 1.165) is 32.8 Å². The van der Waals surface area contributed by atoms with E-state index in [1.165, 1.54) is 0 Å². The quantitative estimate of drug-likeness (QED) is 0.0769. The zero-order valence-electron chi connectivity index (χ0n) is 40.5. The maximum atomic E-state index is 14.0. The fourth-order valence-corrected chi connectivity index (χ4v) is 10.8. The van der Waals surface area contributed by atoms with Crippen LogP contribution in [0.5, 0.6) is 11.5 Å². The molecular formula is C54H61ClN6O7S. The van der Waals surface area contributed by atoms with Crippen molar-refractivity contribution in [3.63, 3.8) is 0 Å². The van der Waals surface area contributed by atoms with Crippen LogP contribution in [0.4, 0.5) is 0 Å². The summed E-state index contributed by atoms with van der Waals surface area (Å²) >= 11 is 7.84. The Kier molecular flexibility index (Phi) is 15.5. The third-order valence-corrected chi connectivity index (χ3v) is 14.5. The number of hydrogen-bond donors (Lipinski definition) is 3. The lowest BCUT2D eigenvalue weighted by Crippen LogP contribution is -2.74. The molecule has 2 atom stereocenters. The van der Waals surface area contributed by atoms with E-state index in [0.29, 0.717) is 53.6 Å². The molecule has 1 aromatic heterocycles. The highest BCUT2D eigenvalue weighted by Gasteiger charge is 2.64. The highest BCUT2D eigenvalue weighted by molar-refractivity contribution is 7.13. The summed E-state index contributed by atoms with van der Waals surface area (Å²) < 4.78 is 17.9. The molecule has 5 aromatic rings. The van der Waals surface area contributed by atoms with Gasteiger partial charge in [-0.25, -0.2) is 4.98 Å². The Bertz CT molecular complexity index is 2670. The van der Waals surface area contributed by atoms with Gasteiger partial charge in [0.05, 0.1) is 33.3 Å². The van der Waals surface area contributed by atoms with Gasteiger partial charge in [0.2, 0.25) is 17.7 Å². The van der Waals surface area contributed by atoms with E-state index in [-0.39, 0.29) is 60.5 Å². The van der Waals surface area contributed by atoms with Crippen LogP contribution < -0.4 is 25.4 Å². The van der Waals surface area contributed by atoms with Crippen LogP contribution in [0.1, 0.15) is 88.5 Å². The van der Waals surface area contributed by atoms with Crippen molar-refractivity contribution in [1.82, 2.24) is 25.8 Å². The number of benzene rings is 4. The van der Waals surface area contributed by atoms with Crippen LogP contribution in [0.25, 0.3) is 21.6 Å². The first kappa shape index (κ1) is 50.6. The maximum absolute atomic E-state index is 14.0. The number of nitrogens with zero attached hydrogens (tertiary/aromatic N) is 3. The molecule has 4 amide bonds. The van der Waals surface area contributed by atoms with Crippen molar-refractivity contribution in [3.05, 3.63) is 124 Å². The molecule has 0 spiro atoms. The normalized spacial score (nSPS) is 18.6. The van der Waals surface area contributed by atoms with E-state index in [1.807, 2.05) is 106 Å². The second-order valence-electron chi connectivity index (χ2n) is 20.0. The minimum atomic E-state index is -0.863. The lowest BCUT2D eigenvalue weighted by atomic mass is 9.49. The van der Waals surface area contributed by atoms with Crippen molar-refractivity contribution in [3.8, 4) is 39.1 Å². The van der Waals surface area contributed by atoms with Crippen LogP contribution in [0.2, 0.25) is 5.02 Å². The number of hydrogen-bond acceptors (Lipinski definition) is 10. The fraction of sp³-hybridized carbons (Fsp3) is 0.407. The van der Waals surface area contributed by atoms with Gasteiger partial charge in [-0.2, -0.15) is 5.26 Å². The maximum Gasteiger partial charge on any atom is 0.251 e. The predicted molar refractivity (Wildman–Crippen MR) is 268 cm³/mol. The van der Waals surface area contributed by atoms with E-state index >= 15 is 0 Å². The van der Waals surface area contributed by atoms with Gasteiger partial charge in [-0.3, -0.25) is 19.2 Å². The highest BCUT2D eigenvalue weighted by atomic mass is 35.5. The molecule has 69 heavy (non-hydrogen) atoms. The molecule has 15 heteroatoms. The molecule has 2 aliphatic rings. The number of carbonyl (C=O) groups is 4. The van der Waals surface area contributed by atoms with Gasteiger partial charge in [0.15, 0.2) is 0 Å². The van der Waals surface area contributed by atoms with Crippen molar-refractivity contribution in [2.45, 2.75) is 99.0 Å². The van der Waals surface area contributed by atoms with Gasteiger partial charge < -0.3 is 35.1 Å². The Hall–Kier alpha value is -6.27. The minimum Gasteiger partial charge on any atom is -0.491 e. The summed E-state index contributed by atoms with van der Waals surface area (Å²) in [4.78, 5) is 61.0. The number of likely N-dealkylation sites (tertiary alicyclic amines) is 1. The SMILES string of the molecule is Cc1ncsc1-c1ccc(CNC(=O)[C@@H]2CCCN2C(=O)[C@@H](NC(=O)COCCOc2ccc(-c3ccc(C(=O)NC4C(C)(C)C(Oc5ccc(C#N)c(Cl)c5)C4(C)C)cc3)cc2)C(C)(C)C)cc1. The first-order chi connectivity index (χ1) is 32.8. The van der Waals surface area contributed by atoms with Gasteiger partial charge in [-0.05, 0) is 83.8 Å². The Balaban J connectivity index is 0.830. The average Bonchev–Trinajstić information content (AvgIpc) is 4.00. The third kappa shape index (κ3) is 11.6. The van der Waals surface area contributed by atoms with Crippen molar-refractivity contribution in [1.29, 1.82) is 5.26 Å². The number of thiazole rings is 1. The summed E-state index contributed by atoms with van der Waals surface area (Å²) in [6, 6.07) is 28.5. The van der Waals surface area contributed by atoms with E-state index in [4.69, 9.17) is 25.8 Å². The number of aryl methyl sites for hydroxylation is 1. The van der Waals surface area contributed by atoms with Crippen molar-refractivity contribution in [2.75, 3.05) is 26.4 Å². The van der Waals surface area contributed by atoms with Crippen LogP contribution >= 0.6 is 22.9 Å². The van der Waals surface area contributed by atoms with Gasteiger partial charge in [-0.15, -0.1) is 11.3 Å². The number of nitrogens with one attached hydrogen (secondary N) is 3. The molecule has 7 rings (SSSR count). The van der Waals surface area contributed by atoms with Crippen LogP contribution in [0.3, 0.4) is 0 Å². The summed E-state index contributed by atoms with van der Waals surface area (Å²) in [5.41, 5.74) is 6.24. The molecule has 2 fully saturated rings. The third-order valence-electron chi connectivity index (χ3n) is 13.2. The smallest absolute Gasteiger partial charge is 0.251 e. The molecule has 3 N–H and O–H groups in total. The first-order valence-corrected chi connectivity index (χ1v) is 24.5. The average molecular weight is 974 g/mol. The number of carbonyl (C=O) groups excluding carboxylic acids is 4. The fourth-order valence-electron chi connectivity index (χ4n) is 9.73. The number of ether oxygens (including phenoxy) is 3. The van der Waals surface area contributed by atoms with Crippen LogP contribution in [0.15, 0.2) is 96.5 Å². The van der Waals surface area contributed by atoms with Gasteiger partial charge in [0.1, 0.15) is 49.0 Å². The topological polar surface area (TPSA) is 172 Å². The van der Waals surface area contributed by atoms with Gasteiger partial charge in [-0.1, -0.05) is 109 Å². The van der Waals surface area contributed by atoms with Crippen molar-refractivity contribution < 1.29 is 33.4 Å². The van der Waals surface area contributed by atoms with Gasteiger partial charge >= 0.3 is 0 Å². The van der Waals surface area contributed by atoms with Crippen LogP contribution in [-0.2, 0) is 25.7 Å². The second-order valence-corrected chi connectivity index (χ2v) is 21.3. The molecular weight excluding hydrogens is 912 g/mol. The molecule has 13 nitrogen and oxygen atoms in total. The summed E-state index contributed by atoms with van der Waals surface area (Å²) in [5.74, 6) is 0.0817. The molecule has 0 unspecified atom stereocenters. The van der Waals surface area contributed by atoms with Crippen molar-refractivity contribution >= 4 is 46.6 Å². The first-order valence-electron chi connectivity index (χ1n) is 23.2. The highest BCUT2D eigenvalue weighted by Crippen LogP contribution is 2.55. The van der Waals surface area contributed by atoms with E-state index in [2.05, 4.69) is 54.7 Å². The molecule has 1 aliphatic carbocycles. The van der Waals surface area contributed by atoms with Crippen molar-refractivity contribution in [2.24, 2.45) is 16.2 Å². The molecule has 1 saturated heterocycles. The summed E-state index contributed by atoms with van der Waals surface area (Å²) in [6.45, 7) is 16.8. The molecule has 4 aromatic carbocycles. The Morgan fingerprint density at radius 3 is 2.14 bits per heavy atom. The lowest BCUT2D eigenvalue weighted by molar-refractivity contribution is -0.164. The van der Waals surface area contributed by atoms with E-state index in [1.54, 1.807) is 34.4 Å². The zero-order chi connectivity index (χ0) is 49.7. The van der Waals surface area contributed by atoms with E-state index < -0.39 is 23.4 Å². The number of amides is 4. The summed E-state index contributed by atoms with van der Waals surface area (Å²) in [5, 5.41) is 18.7. The lowest BCUT2D eigenvalue weighted by Gasteiger charge is -2.63. The summed E-state index contributed by atoms with van der Waals surface area (Å²) in [7, 11) is 0. The van der Waals surface area contributed by atoms with Gasteiger partial charge in [0, 0.05) is 41.6 Å². The Labute approximate surface area is 413 Å². The number of rotatable bonds is 17. The molecule has 362 valence electrons. The molecule has 1 aliphatic heterocycles. The van der Waals surface area contributed by atoms with Gasteiger partial charge in [0.25, 0.3) is 5.91 Å². The Morgan fingerprint density at radius 1 is 0.899 bits per heavy atom. The number of aromatic nitrogens is 1. The molecule has 0 bridgehead atoms. The molecule has 0 radical (unpaired) electrons. The predicted octanol–water partition coefficient (Wildman–Crippen LogP) is 9.16. The standard InChI is InChI=1S/C54H61ClN6O7S/c1-33-45(69-32-58-33)37-13-11-34(12-14-37)30-57-48(64)43-10-9-25-61(43)49(65)46(52(2,3)4)59-44(62)31-66-26-27-67-40-22-19-36(20-23-40)35-15-17-38(18-16-35)47(63)60-50-53(5,6)51(54(50,7)8)68-41-24-21-39(29-56)42(55)28-41/h11-24,28,32,43,46,50-51H,9-10,25-27,30-31H2,1-8H3,(H,57,64)(H,59,62)(H,60,63)/t43-,46+,50?,51?/m0/s1. The van der Waals surface area contributed by atoms with Crippen LogP contribution in [0, 0.1) is 34.5 Å². The van der Waals surface area contributed by atoms with E-state index in [9.17, 15) is 24.4 Å². The molecule has 2 heterocycles. The number of nitriles is 1. The monoisotopic (exact) mass is 972 g/mol. The summed E-state index contributed by atoms with van der Waals surface area (Å²) in [6.07, 6.45) is 1.02. The second kappa shape index (κ2) is 21.2. The zero-order valence-corrected chi connectivity index (χ0v) is 42.1. The Morgan fingerprint density at radius 2 is 1.54 bits per heavy atom. The number of halogens is 1. The van der Waals surface area contributed by atoms with Crippen LogP contribution in [-0.4, -0.2) is 84.1 Å². The largest absolute Gasteiger partial charge is 0.491 e.